The molecule has 2 aromatic rings. The van der Waals surface area contributed by atoms with Gasteiger partial charge in [-0.2, -0.15) is 0 Å². The van der Waals surface area contributed by atoms with Gasteiger partial charge in [-0.3, -0.25) is 0 Å². The smallest absolute Gasteiger partial charge is 0.0693 e. The molecule has 0 fully saturated rings. The molecule has 0 aliphatic heterocycles. The van der Waals surface area contributed by atoms with Crippen LogP contribution in [0, 0.1) is 6.92 Å². The van der Waals surface area contributed by atoms with E-state index in [9.17, 15) is 0 Å². The molecular weight excluding hydrogens is 232 g/mol. The monoisotopic (exact) mass is 250 g/mol. The number of fused-ring (bicyclic) bond motifs is 1. The van der Waals surface area contributed by atoms with Gasteiger partial charge in [0, 0.05) is 17.3 Å². The van der Waals surface area contributed by atoms with E-state index in [1.54, 1.807) is 0 Å². The summed E-state index contributed by atoms with van der Waals surface area (Å²) in [6.07, 6.45) is 3.02. The third kappa shape index (κ3) is 1.96. The van der Waals surface area contributed by atoms with Gasteiger partial charge in [0.1, 0.15) is 0 Å². The first kappa shape index (κ1) is 12.5. The van der Waals surface area contributed by atoms with Gasteiger partial charge in [-0.15, -0.1) is 0 Å². The summed E-state index contributed by atoms with van der Waals surface area (Å²) < 4.78 is 2.19. The summed E-state index contributed by atoms with van der Waals surface area (Å²) in [5.74, 6) is 0. The maximum absolute atomic E-state index is 6.40. The van der Waals surface area contributed by atoms with Crippen LogP contribution in [0.4, 0.5) is 0 Å². The Balaban J connectivity index is 2.73. The van der Waals surface area contributed by atoms with Crippen molar-refractivity contribution in [3.8, 4) is 0 Å². The predicted molar refractivity (Wildman–Crippen MR) is 73.8 cm³/mol. The Labute approximate surface area is 107 Å². The number of rotatable bonds is 3. The Hall–Kier alpha value is -0.990. The highest BCUT2D eigenvalue weighted by molar-refractivity contribution is 6.35. The number of nitrogens with zero attached hydrogens (tertiary/aromatic N) is 1. The van der Waals surface area contributed by atoms with Crippen molar-refractivity contribution < 1.29 is 0 Å². The number of halogens is 1. The van der Waals surface area contributed by atoms with E-state index in [1.807, 2.05) is 12.1 Å². The van der Waals surface area contributed by atoms with Crippen LogP contribution in [0.15, 0.2) is 24.4 Å². The van der Waals surface area contributed by atoms with E-state index in [0.717, 1.165) is 22.5 Å². The van der Waals surface area contributed by atoms with Gasteiger partial charge in [-0.25, -0.2) is 0 Å². The molecule has 3 heteroatoms. The molecule has 2 aromatic heterocycles. The minimum absolute atomic E-state index is 0.0379. The molecule has 0 atom stereocenters. The van der Waals surface area contributed by atoms with E-state index in [1.165, 1.54) is 5.69 Å². The van der Waals surface area contributed by atoms with Crippen molar-refractivity contribution in [2.24, 2.45) is 5.73 Å². The zero-order chi connectivity index (χ0) is 12.6. The fourth-order valence-corrected chi connectivity index (χ4v) is 2.85. The predicted octanol–water partition coefficient (Wildman–Crippen LogP) is 3.53. The molecule has 2 rings (SSSR count). The van der Waals surface area contributed by atoms with E-state index in [4.69, 9.17) is 17.3 Å². The minimum atomic E-state index is 0.0379. The maximum atomic E-state index is 6.40. The van der Waals surface area contributed by atoms with E-state index < -0.39 is 0 Å². The van der Waals surface area contributed by atoms with E-state index in [-0.39, 0.29) is 5.41 Å². The van der Waals surface area contributed by atoms with Crippen LogP contribution in [0.5, 0.6) is 0 Å². The van der Waals surface area contributed by atoms with Gasteiger partial charge in [0.2, 0.25) is 0 Å². The van der Waals surface area contributed by atoms with Crippen molar-refractivity contribution in [3.05, 3.63) is 40.7 Å². The maximum Gasteiger partial charge on any atom is 0.0693 e. The van der Waals surface area contributed by atoms with Crippen LogP contribution in [-0.2, 0) is 5.41 Å². The van der Waals surface area contributed by atoms with Gasteiger partial charge in [0.15, 0.2) is 0 Å². The molecule has 17 heavy (non-hydrogen) atoms. The molecule has 0 aliphatic carbocycles. The Morgan fingerprint density at radius 3 is 2.71 bits per heavy atom. The quantitative estimate of drug-likeness (QED) is 0.888. The first-order valence-corrected chi connectivity index (χ1v) is 6.32. The average Bonchev–Trinajstić information content (AvgIpc) is 2.53. The molecule has 0 aliphatic rings. The molecule has 0 unspecified atom stereocenters. The average molecular weight is 251 g/mol. The van der Waals surface area contributed by atoms with Crippen molar-refractivity contribution in [2.75, 3.05) is 6.54 Å². The van der Waals surface area contributed by atoms with Crippen molar-refractivity contribution >= 4 is 17.1 Å². The molecule has 2 N–H and O–H groups in total. The van der Waals surface area contributed by atoms with E-state index in [2.05, 4.69) is 37.4 Å². The topological polar surface area (TPSA) is 30.4 Å². The molecule has 0 saturated carbocycles. The lowest BCUT2D eigenvalue weighted by Gasteiger charge is -2.25. The largest absolute Gasteiger partial charge is 0.330 e. The summed E-state index contributed by atoms with van der Waals surface area (Å²) in [7, 11) is 0. The molecule has 2 heterocycles. The van der Waals surface area contributed by atoms with Crippen LogP contribution >= 0.6 is 11.6 Å². The van der Waals surface area contributed by atoms with Gasteiger partial charge in [0.25, 0.3) is 0 Å². The fraction of sp³-hybridized carbons (Fsp3) is 0.429. The fourth-order valence-electron chi connectivity index (χ4n) is 2.61. The Morgan fingerprint density at radius 1 is 1.35 bits per heavy atom. The minimum Gasteiger partial charge on any atom is -0.330 e. The van der Waals surface area contributed by atoms with Gasteiger partial charge >= 0.3 is 0 Å². The summed E-state index contributed by atoms with van der Waals surface area (Å²) in [5.41, 5.74) is 9.25. The lowest BCUT2D eigenvalue weighted by atomic mass is 9.84. The summed E-state index contributed by atoms with van der Waals surface area (Å²) in [4.78, 5) is 0. The molecule has 2 nitrogen and oxygen atoms in total. The van der Waals surface area contributed by atoms with Crippen LogP contribution in [0.25, 0.3) is 5.52 Å². The van der Waals surface area contributed by atoms with Crippen LogP contribution in [0.1, 0.15) is 31.5 Å². The summed E-state index contributed by atoms with van der Waals surface area (Å²) in [6, 6.07) is 6.10. The molecular formula is C14H19ClN2. The molecule has 0 radical (unpaired) electrons. The third-order valence-corrected chi connectivity index (χ3v) is 3.90. The van der Waals surface area contributed by atoms with Gasteiger partial charge < -0.3 is 10.1 Å². The Morgan fingerprint density at radius 2 is 2.06 bits per heavy atom. The normalized spacial score (nSPS) is 12.3. The van der Waals surface area contributed by atoms with Crippen molar-refractivity contribution in [1.29, 1.82) is 0 Å². The van der Waals surface area contributed by atoms with Crippen LogP contribution in [-0.4, -0.2) is 10.9 Å². The zero-order valence-electron chi connectivity index (χ0n) is 10.6. The first-order valence-electron chi connectivity index (χ1n) is 5.94. The lowest BCUT2D eigenvalue weighted by molar-refractivity contribution is 0.467. The number of pyridine rings is 1. The van der Waals surface area contributed by atoms with Crippen molar-refractivity contribution in [3.63, 3.8) is 0 Å². The third-order valence-electron chi connectivity index (χ3n) is 3.42. The second kappa shape index (κ2) is 4.35. The summed E-state index contributed by atoms with van der Waals surface area (Å²) in [5, 5.41) is 0.852. The molecule has 92 valence electrons. The highest BCUT2D eigenvalue weighted by atomic mass is 35.5. The molecule has 0 aromatic carbocycles. The van der Waals surface area contributed by atoms with Crippen LogP contribution in [0.2, 0.25) is 5.02 Å². The summed E-state index contributed by atoms with van der Waals surface area (Å²) >= 11 is 6.40. The first-order chi connectivity index (χ1) is 7.99. The molecule has 0 spiro atoms. The van der Waals surface area contributed by atoms with Crippen LogP contribution < -0.4 is 5.73 Å². The summed E-state index contributed by atoms with van der Waals surface area (Å²) in [6.45, 7) is 7.21. The Bertz CT molecular complexity index is 540. The second-order valence-electron chi connectivity index (χ2n) is 5.17. The molecule has 0 saturated heterocycles. The van der Waals surface area contributed by atoms with Crippen molar-refractivity contribution in [2.45, 2.75) is 32.6 Å². The molecule has 0 amide bonds. The number of hydrogen-bond donors (Lipinski definition) is 1. The van der Waals surface area contributed by atoms with Gasteiger partial charge in [0.05, 0.1) is 10.5 Å². The van der Waals surface area contributed by atoms with E-state index >= 15 is 0 Å². The zero-order valence-corrected chi connectivity index (χ0v) is 11.4. The van der Waals surface area contributed by atoms with Crippen LogP contribution in [0.3, 0.4) is 0 Å². The lowest BCUT2D eigenvalue weighted by Crippen LogP contribution is -2.24. The number of aromatic nitrogens is 1. The van der Waals surface area contributed by atoms with Gasteiger partial charge in [-0.1, -0.05) is 31.5 Å². The standard InChI is InChI=1S/C14H19ClN2/c1-10-12(15)11-6-4-5-9-17(11)13(10)14(2,3)7-8-16/h4-6,9H,7-8,16H2,1-3H3. The highest BCUT2D eigenvalue weighted by Gasteiger charge is 2.27. The number of hydrogen-bond acceptors (Lipinski definition) is 1. The van der Waals surface area contributed by atoms with Crippen molar-refractivity contribution in [1.82, 2.24) is 4.40 Å². The number of nitrogens with two attached hydrogens (primary N) is 1. The van der Waals surface area contributed by atoms with Gasteiger partial charge in [-0.05, 0) is 37.6 Å². The van der Waals surface area contributed by atoms with E-state index in [0.29, 0.717) is 6.54 Å². The Kier molecular flexibility index (Phi) is 3.19. The second-order valence-corrected chi connectivity index (χ2v) is 5.54. The highest BCUT2D eigenvalue weighted by Crippen LogP contribution is 2.36. The molecule has 0 bridgehead atoms. The SMILES string of the molecule is Cc1c(Cl)c2ccccn2c1C(C)(C)CCN.